The van der Waals surface area contributed by atoms with E-state index in [-0.39, 0.29) is 0 Å². The molecule has 2 rings (SSSR count). The first-order chi connectivity index (χ1) is 6.76. The maximum absolute atomic E-state index is 11.2. The molecule has 1 N–H and O–H groups in total. The summed E-state index contributed by atoms with van der Waals surface area (Å²) >= 11 is 0. The second-order valence-corrected chi connectivity index (χ2v) is 3.25. The van der Waals surface area contributed by atoms with Crippen molar-refractivity contribution >= 4 is 5.97 Å². The van der Waals surface area contributed by atoms with Gasteiger partial charge in [0.1, 0.15) is 0 Å². The zero-order valence-electron chi connectivity index (χ0n) is 7.55. The molecule has 0 spiro atoms. The number of azo groups is 1. The molecule has 0 saturated heterocycles. The summed E-state index contributed by atoms with van der Waals surface area (Å²) in [5.41, 5.74) is -0.435. The number of aliphatic carboxylic acids is 1. The summed E-state index contributed by atoms with van der Waals surface area (Å²) in [7, 11) is 0. The van der Waals surface area contributed by atoms with Gasteiger partial charge in [-0.2, -0.15) is 10.2 Å². The molecule has 4 heteroatoms. The molecule has 1 aromatic rings. The molecule has 1 aromatic carbocycles. The van der Waals surface area contributed by atoms with Crippen molar-refractivity contribution in [3.8, 4) is 0 Å². The van der Waals surface area contributed by atoms with Gasteiger partial charge >= 0.3 is 5.97 Å². The van der Waals surface area contributed by atoms with Crippen LogP contribution < -0.4 is 0 Å². The number of hydrogen-bond donors (Lipinski definition) is 1. The van der Waals surface area contributed by atoms with Crippen molar-refractivity contribution in [3.63, 3.8) is 0 Å². The van der Waals surface area contributed by atoms with Gasteiger partial charge in [0.05, 0.1) is 6.54 Å². The van der Waals surface area contributed by atoms with Crippen LogP contribution in [0.2, 0.25) is 0 Å². The molecule has 1 aliphatic rings. The summed E-state index contributed by atoms with van der Waals surface area (Å²) in [4.78, 5) is 11.2. The van der Waals surface area contributed by atoms with Crippen LogP contribution in [0.3, 0.4) is 0 Å². The predicted octanol–water partition coefficient (Wildman–Crippen LogP) is 1.82. The van der Waals surface area contributed by atoms with Gasteiger partial charge in [-0.15, -0.1) is 0 Å². The van der Waals surface area contributed by atoms with Gasteiger partial charge in [0.2, 0.25) is 5.54 Å². The van der Waals surface area contributed by atoms with Gasteiger partial charge in [0.15, 0.2) is 0 Å². The van der Waals surface area contributed by atoms with E-state index in [2.05, 4.69) is 10.2 Å². The van der Waals surface area contributed by atoms with Crippen molar-refractivity contribution in [2.45, 2.75) is 12.0 Å². The average Bonchev–Trinajstić information content (AvgIpc) is 2.69. The molecule has 0 saturated carbocycles. The molecular formula is C10H10N2O2. The molecule has 0 amide bonds. The summed E-state index contributed by atoms with van der Waals surface area (Å²) in [6, 6.07) is 9.03. The van der Waals surface area contributed by atoms with E-state index in [1.807, 2.05) is 18.2 Å². The Bertz CT molecular complexity index is 375. The smallest absolute Gasteiger partial charge is 0.338 e. The highest BCUT2D eigenvalue weighted by Crippen LogP contribution is 2.34. The molecule has 1 heterocycles. The number of hydrogen-bond acceptors (Lipinski definition) is 3. The molecule has 0 fully saturated rings. The maximum atomic E-state index is 11.2. The Morgan fingerprint density at radius 3 is 2.57 bits per heavy atom. The van der Waals surface area contributed by atoms with Crippen molar-refractivity contribution < 1.29 is 9.90 Å². The lowest BCUT2D eigenvalue weighted by atomic mass is 9.88. The Labute approximate surface area is 81.3 Å². The van der Waals surface area contributed by atoms with Gasteiger partial charge in [-0.3, -0.25) is 0 Å². The quantitative estimate of drug-likeness (QED) is 0.773. The molecule has 0 radical (unpaired) electrons. The van der Waals surface area contributed by atoms with Crippen LogP contribution in [0.1, 0.15) is 12.0 Å². The van der Waals surface area contributed by atoms with Crippen LogP contribution in [0.5, 0.6) is 0 Å². The van der Waals surface area contributed by atoms with Crippen LogP contribution in [-0.4, -0.2) is 17.6 Å². The maximum Gasteiger partial charge on any atom is 0.338 e. The van der Waals surface area contributed by atoms with E-state index in [4.69, 9.17) is 5.11 Å². The van der Waals surface area contributed by atoms with E-state index in [0.717, 1.165) is 0 Å². The van der Waals surface area contributed by atoms with Crippen LogP contribution in [0.25, 0.3) is 0 Å². The standard InChI is InChI=1S/C10H10N2O2/c13-9(14)10(6-7-11-12-10)8-4-2-1-3-5-8/h1-5H,6-7H2,(H,13,14). The third-order valence-corrected chi connectivity index (χ3v) is 2.42. The van der Waals surface area contributed by atoms with E-state index in [9.17, 15) is 4.79 Å². The van der Waals surface area contributed by atoms with Crippen molar-refractivity contribution in [1.29, 1.82) is 0 Å². The number of carboxylic acid groups (broad SMARTS) is 1. The van der Waals surface area contributed by atoms with Crippen LogP contribution in [-0.2, 0) is 10.3 Å². The fraction of sp³-hybridized carbons (Fsp3) is 0.300. The largest absolute Gasteiger partial charge is 0.479 e. The van der Waals surface area contributed by atoms with E-state index in [0.29, 0.717) is 18.5 Å². The monoisotopic (exact) mass is 190 g/mol. The Kier molecular flexibility index (Phi) is 2.04. The van der Waals surface area contributed by atoms with Crippen LogP contribution in [0, 0.1) is 0 Å². The summed E-state index contributed by atoms with van der Waals surface area (Å²) in [5, 5.41) is 16.8. The van der Waals surface area contributed by atoms with Crippen LogP contribution in [0.15, 0.2) is 40.6 Å². The molecule has 0 aromatic heterocycles. The first kappa shape index (κ1) is 8.87. The lowest BCUT2D eigenvalue weighted by molar-refractivity contribution is -0.143. The van der Waals surface area contributed by atoms with Gasteiger partial charge in [-0.25, -0.2) is 4.79 Å². The molecule has 1 aliphatic heterocycles. The van der Waals surface area contributed by atoms with Crippen molar-refractivity contribution in [1.82, 2.24) is 0 Å². The average molecular weight is 190 g/mol. The molecule has 14 heavy (non-hydrogen) atoms. The second kappa shape index (κ2) is 3.21. The molecule has 1 unspecified atom stereocenters. The minimum absolute atomic E-state index is 0.451. The lowest BCUT2D eigenvalue weighted by Crippen LogP contribution is -2.31. The summed E-state index contributed by atoms with van der Waals surface area (Å²) in [6.07, 6.45) is 0.451. The summed E-state index contributed by atoms with van der Waals surface area (Å²) in [5.74, 6) is -0.926. The zero-order chi connectivity index (χ0) is 10.0. The highest BCUT2D eigenvalue weighted by Gasteiger charge is 2.43. The van der Waals surface area contributed by atoms with Gasteiger partial charge < -0.3 is 5.11 Å². The van der Waals surface area contributed by atoms with Gasteiger partial charge in [0, 0.05) is 6.42 Å². The highest BCUT2D eigenvalue weighted by atomic mass is 16.4. The number of benzene rings is 1. The SMILES string of the molecule is O=C(O)C1(c2ccccc2)CCN=N1. The molecule has 0 aliphatic carbocycles. The first-order valence-electron chi connectivity index (χ1n) is 4.43. The Balaban J connectivity index is 2.47. The third-order valence-electron chi connectivity index (χ3n) is 2.42. The number of rotatable bonds is 2. The fourth-order valence-corrected chi connectivity index (χ4v) is 1.62. The molecule has 4 nitrogen and oxygen atoms in total. The minimum Gasteiger partial charge on any atom is -0.479 e. The molecule has 72 valence electrons. The molecule has 0 bridgehead atoms. The van der Waals surface area contributed by atoms with E-state index in [1.165, 1.54) is 0 Å². The minimum atomic E-state index is -1.14. The Morgan fingerprint density at radius 2 is 2.07 bits per heavy atom. The van der Waals surface area contributed by atoms with Crippen molar-refractivity contribution in [2.75, 3.05) is 6.54 Å². The lowest BCUT2D eigenvalue weighted by Gasteiger charge is -2.18. The summed E-state index contributed by atoms with van der Waals surface area (Å²) in [6.45, 7) is 0.487. The van der Waals surface area contributed by atoms with E-state index < -0.39 is 11.5 Å². The third kappa shape index (κ3) is 1.19. The fourth-order valence-electron chi connectivity index (χ4n) is 1.62. The van der Waals surface area contributed by atoms with Crippen molar-refractivity contribution in [2.24, 2.45) is 10.2 Å². The second-order valence-electron chi connectivity index (χ2n) is 3.25. The van der Waals surface area contributed by atoms with Gasteiger partial charge in [-0.05, 0) is 5.56 Å². The van der Waals surface area contributed by atoms with E-state index >= 15 is 0 Å². The Hall–Kier alpha value is -1.71. The number of carboxylic acids is 1. The number of nitrogens with zero attached hydrogens (tertiary/aromatic N) is 2. The highest BCUT2D eigenvalue weighted by molar-refractivity contribution is 5.81. The molecule has 1 atom stereocenters. The number of carbonyl (C=O) groups is 1. The van der Waals surface area contributed by atoms with Crippen molar-refractivity contribution in [3.05, 3.63) is 35.9 Å². The predicted molar refractivity (Wildman–Crippen MR) is 50.1 cm³/mol. The Morgan fingerprint density at radius 1 is 1.36 bits per heavy atom. The first-order valence-corrected chi connectivity index (χ1v) is 4.43. The summed E-state index contributed by atoms with van der Waals surface area (Å²) < 4.78 is 0. The topological polar surface area (TPSA) is 62.0 Å². The zero-order valence-corrected chi connectivity index (χ0v) is 7.55. The van der Waals surface area contributed by atoms with Gasteiger partial charge in [0.25, 0.3) is 0 Å². The van der Waals surface area contributed by atoms with E-state index in [1.54, 1.807) is 12.1 Å². The normalized spacial score (nSPS) is 25.1. The van der Waals surface area contributed by atoms with Crippen LogP contribution in [0.4, 0.5) is 0 Å². The van der Waals surface area contributed by atoms with Gasteiger partial charge in [-0.1, -0.05) is 30.3 Å². The van der Waals surface area contributed by atoms with Crippen LogP contribution >= 0.6 is 0 Å². The molecular weight excluding hydrogens is 180 g/mol.